The van der Waals surface area contributed by atoms with Gasteiger partial charge in [0, 0.05) is 12.4 Å². The van der Waals surface area contributed by atoms with Crippen molar-refractivity contribution < 1.29 is 0 Å². The molecule has 0 atom stereocenters. The lowest BCUT2D eigenvalue weighted by Gasteiger charge is -1.91. The van der Waals surface area contributed by atoms with Crippen molar-refractivity contribution in [2.24, 2.45) is 0 Å². The monoisotopic (exact) mass is 165 g/mol. The molecule has 0 fully saturated rings. The zero-order valence-electron chi connectivity index (χ0n) is 5.79. The molecule has 0 spiro atoms. The van der Waals surface area contributed by atoms with Crippen molar-refractivity contribution in [3.05, 3.63) is 42.2 Å². The summed E-state index contributed by atoms with van der Waals surface area (Å²) in [6.07, 6.45) is 3.64. The Labute approximate surface area is 69.4 Å². The van der Waals surface area contributed by atoms with Crippen LogP contribution in [0.2, 0.25) is 5.02 Å². The summed E-state index contributed by atoms with van der Waals surface area (Å²) in [4.78, 5) is 4.15. The standard InChI is InChI=1S/C8H6ClN2/c1-6-4-11-5-7(9)2-3-8(11)10-6/h2-5H,1H2. The third-order valence-corrected chi connectivity index (χ3v) is 1.69. The SMILES string of the molecule is [CH2]c1cn2cc(Cl)ccc2n1. The molecule has 2 nitrogen and oxygen atoms in total. The van der Waals surface area contributed by atoms with E-state index in [4.69, 9.17) is 11.6 Å². The first kappa shape index (κ1) is 6.68. The van der Waals surface area contributed by atoms with Gasteiger partial charge in [0.15, 0.2) is 0 Å². The van der Waals surface area contributed by atoms with Gasteiger partial charge in [0.2, 0.25) is 0 Å². The fraction of sp³-hybridized carbons (Fsp3) is 0. The molecule has 0 aliphatic rings. The molecule has 3 heteroatoms. The molecule has 55 valence electrons. The van der Waals surface area contributed by atoms with Crippen LogP contribution in [0, 0.1) is 6.92 Å². The number of pyridine rings is 1. The highest BCUT2D eigenvalue weighted by atomic mass is 35.5. The van der Waals surface area contributed by atoms with Crippen molar-refractivity contribution in [2.45, 2.75) is 0 Å². The van der Waals surface area contributed by atoms with Crippen molar-refractivity contribution >= 4 is 17.2 Å². The number of fused-ring (bicyclic) bond motifs is 1. The number of halogens is 1. The Kier molecular flexibility index (Phi) is 1.36. The molecule has 0 aliphatic carbocycles. The second-order valence-corrected chi connectivity index (χ2v) is 2.78. The Balaban J connectivity index is 2.82. The maximum atomic E-state index is 5.76. The Morgan fingerprint density at radius 2 is 2.18 bits per heavy atom. The molecule has 0 bridgehead atoms. The molecule has 11 heavy (non-hydrogen) atoms. The molecule has 2 aromatic heterocycles. The molecule has 0 N–H and O–H groups in total. The molecule has 1 radical (unpaired) electrons. The van der Waals surface area contributed by atoms with E-state index in [0.717, 1.165) is 11.3 Å². The number of nitrogens with zero attached hydrogens (tertiary/aromatic N) is 2. The van der Waals surface area contributed by atoms with Gasteiger partial charge in [-0.05, 0) is 19.1 Å². The minimum atomic E-state index is 0.704. The Hall–Kier alpha value is -1.02. The average molecular weight is 166 g/mol. The first-order valence-corrected chi connectivity index (χ1v) is 3.60. The molecule has 0 aromatic carbocycles. The second-order valence-electron chi connectivity index (χ2n) is 2.35. The van der Waals surface area contributed by atoms with Crippen molar-refractivity contribution in [3.8, 4) is 0 Å². The van der Waals surface area contributed by atoms with E-state index >= 15 is 0 Å². The predicted octanol–water partition coefficient (Wildman–Crippen LogP) is 2.17. The molecule has 2 aromatic rings. The Bertz CT molecular complexity index is 392. The van der Waals surface area contributed by atoms with Crippen LogP contribution >= 0.6 is 11.6 Å². The van der Waals surface area contributed by atoms with Gasteiger partial charge in [-0.3, -0.25) is 0 Å². The zero-order chi connectivity index (χ0) is 7.84. The molecule has 0 saturated carbocycles. The third-order valence-electron chi connectivity index (χ3n) is 1.46. The largest absolute Gasteiger partial charge is 0.305 e. The van der Waals surface area contributed by atoms with Crippen LogP contribution < -0.4 is 0 Å². The highest BCUT2D eigenvalue weighted by molar-refractivity contribution is 6.30. The van der Waals surface area contributed by atoms with Crippen molar-refractivity contribution in [1.82, 2.24) is 9.38 Å². The number of aromatic nitrogens is 2. The van der Waals surface area contributed by atoms with E-state index in [-0.39, 0.29) is 0 Å². The molecule has 0 saturated heterocycles. The molecule has 0 amide bonds. The van der Waals surface area contributed by atoms with Gasteiger partial charge >= 0.3 is 0 Å². The predicted molar refractivity (Wildman–Crippen MR) is 44.7 cm³/mol. The van der Waals surface area contributed by atoms with E-state index in [1.807, 2.05) is 22.7 Å². The average Bonchev–Trinajstić information content (AvgIpc) is 2.27. The summed E-state index contributed by atoms with van der Waals surface area (Å²) in [6, 6.07) is 3.67. The summed E-state index contributed by atoms with van der Waals surface area (Å²) in [5, 5.41) is 0.704. The lowest BCUT2D eigenvalue weighted by molar-refractivity contribution is 1.19. The number of imidazole rings is 1. The van der Waals surface area contributed by atoms with E-state index < -0.39 is 0 Å². The maximum Gasteiger partial charge on any atom is 0.137 e. The van der Waals surface area contributed by atoms with Gasteiger partial charge in [-0.1, -0.05) is 11.6 Å². The van der Waals surface area contributed by atoms with Crippen molar-refractivity contribution in [3.63, 3.8) is 0 Å². The topological polar surface area (TPSA) is 17.3 Å². The van der Waals surface area contributed by atoms with Gasteiger partial charge in [0.1, 0.15) is 5.65 Å². The van der Waals surface area contributed by atoms with E-state index in [0.29, 0.717) is 5.02 Å². The zero-order valence-corrected chi connectivity index (χ0v) is 6.54. The van der Waals surface area contributed by atoms with Crippen LogP contribution in [-0.4, -0.2) is 9.38 Å². The van der Waals surface area contributed by atoms with Crippen LogP contribution in [0.1, 0.15) is 5.69 Å². The van der Waals surface area contributed by atoms with Crippen LogP contribution in [0.25, 0.3) is 5.65 Å². The quantitative estimate of drug-likeness (QED) is 0.585. The van der Waals surface area contributed by atoms with Crippen LogP contribution in [0.4, 0.5) is 0 Å². The van der Waals surface area contributed by atoms with Crippen LogP contribution in [0.5, 0.6) is 0 Å². The second kappa shape index (κ2) is 2.24. The minimum absolute atomic E-state index is 0.704. The smallest absolute Gasteiger partial charge is 0.137 e. The van der Waals surface area contributed by atoms with Crippen LogP contribution in [-0.2, 0) is 0 Å². The van der Waals surface area contributed by atoms with E-state index in [2.05, 4.69) is 11.9 Å². The Morgan fingerprint density at radius 1 is 1.36 bits per heavy atom. The fourth-order valence-electron chi connectivity index (χ4n) is 1.02. The van der Waals surface area contributed by atoms with Crippen molar-refractivity contribution in [2.75, 3.05) is 0 Å². The third kappa shape index (κ3) is 1.10. The molecular weight excluding hydrogens is 160 g/mol. The summed E-state index contributed by atoms with van der Waals surface area (Å²) in [7, 11) is 0. The van der Waals surface area contributed by atoms with Gasteiger partial charge < -0.3 is 4.40 Å². The van der Waals surface area contributed by atoms with Crippen molar-refractivity contribution in [1.29, 1.82) is 0 Å². The molecule has 2 rings (SSSR count). The summed E-state index contributed by atoms with van der Waals surface area (Å²) in [6.45, 7) is 3.71. The van der Waals surface area contributed by atoms with E-state index in [1.165, 1.54) is 0 Å². The lowest BCUT2D eigenvalue weighted by Crippen LogP contribution is -1.79. The van der Waals surface area contributed by atoms with Crippen LogP contribution in [0.15, 0.2) is 24.5 Å². The Morgan fingerprint density at radius 3 is 3.00 bits per heavy atom. The number of rotatable bonds is 0. The molecular formula is C8H6ClN2. The van der Waals surface area contributed by atoms with Gasteiger partial charge in [-0.2, -0.15) is 0 Å². The lowest BCUT2D eigenvalue weighted by atomic mass is 10.5. The minimum Gasteiger partial charge on any atom is -0.305 e. The molecule has 0 unspecified atom stereocenters. The summed E-state index contributed by atoms with van der Waals surface area (Å²) >= 11 is 5.76. The summed E-state index contributed by atoms with van der Waals surface area (Å²) < 4.78 is 1.85. The summed E-state index contributed by atoms with van der Waals surface area (Å²) in [5.41, 5.74) is 1.63. The molecule has 2 heterocycles. The van der Waals surface area contributed by atoms with Gasteiger partial charge in [-0.15, -0.1) is 0 Å². The normalized spacial score (nSPS) is 10.7. The fourth-order valence-corrected chi connectivity index (χ4v) is 1.19. The first-order chi connectivity index (χ1) is 5.25. The highest BCUT2D eigenvalue weighted by Gasteiger charge is 1.95. The molecule has 0 aliphatic heterocycles. The summed E-state index contributed by atoms with van der Waals surface area (Å²) in [5.74, 6) is 0. The van der Waals surface area contributed by atoms with Gasteiger partial charge in [-0.25, -0.2) is 4.98 Å². The van der Waals surface area contributed by atoms with E-state index in [9.17, 15) is 0 Å². The van der Waals surface area contributed by atoms with Gasteiger partial charge in [0.25, 0.3) is 0 Å². The first-order valence-electron chi connectivity index (χ1n) is 3.22. The number of hydrogen-bond acceptors (Lipinski definition) is 1. The van der Waals surface area contributed by atoms with Gasteiger partial charge in [0.05, 0.1) is 10.7 Å². The number of hydrogen-bond donors (Lipinski definition) is 0. The van der Waals surface area contributed by atoms with E-state index in [1.54, 1.807) is 6.20 Å². The highest BCUT2D eigenvalue weighted by Crippen LogP contribution is 2.10. The maximum absolute atomic E-state index is 5.76. The van der Waals surface area contributed by atoms with Crippen LogP contribution in [0.3, 0.4) is 0 Å².